The second-order valence-electron chi connectivity index (χ2n) is 4.45. The smallest absolute Gasteiger partial charge is 0.227 e. The molecule has 1 aromatic rings. The number of anilines is 1. The molecule has 0 aromatic heterocycles. The molecular formula is C14H18N2O2. The topological polar surface area (TPSA) is 49.4 Å². The molecule has 0 aliphatic carbocycles. The first-order valence-electron chi connectivity index (χ1n) is 6.36. The third-order valence-electron chi connectivity index (χ3n) is 3.11. The lowest BCUT2D eigenvalue weighted by Crippen LogP contribution is -2.24. The monoisotopic (exact) mass is 246 g/mol. The summed E-state index contributed by atoms with van der Waals surface area (Å²) in [4.78, 5) is 24.7. The van der Waals surface area contributed by atoms with E-state index in [1.165, 1.54) is 0 Å². The zero-order chi connectivity index (χ0) is 13.0. The highest BCUT2D eigenvalue weighted by Gasteiger charge is 2.21. The maximum Gasteiger partial charge on any atom is 0.227 e. The molecular weight excluding hydrogens is 228 g/mol. The third kappa shape index (κ3) is 2.88. The van der Waals surface area contributed by atoms with Crippen molar-refractivity contribution in [1.82, 2.24) is 5.32 Å². The van der Waals surface area contributed by atoms with Crippen LogP contribution >= 0.6 is 0 Å². The van der Waals surface area contributed by atoms with Crippen molar-refractivity contribution in [3.63, 3.8) is 0 Å². The fourth-order valence-corrected chi connectivity index (χ4v) is 2.08. The number of nitrogens with zero attached hydrogens (tertiary/aromatic N) is 1. The molecule has 0 radical (unpaired) electrons. The first kappa shape index (κ1) is 12.6. The number of amides is 2. The van der Waals surface area contributed by atoms with E-state index in [1.54, 1.807) is 0 Å². The Morgan fingerprint density at radius 3 is 2.94 bits per heavy atom. The molecule has 1 aliphatic heterocycles. The number of hydrogen-bond donors (Lipinski definition) is 1. The van der Waals surface area contributed by atoms with Gasteiger partial charge in [-0.05, 0) is 24.1 Å². The Labute approximate surface area is 107 Å². The maximum absolute atomic E-state index is 11.7. The Hall–Kier alpha value is -1.84. The fourth-order valence-electron chi connectivity index (χ4n) is 2.08. The maximum atomic E-state index is 11.7. The second-order valence-corrected chi connectivity index (χ2v) is 4.45. The van der Waals surface area contributed by atoms with E-state index in [0.29, 0.717) is 19.4 Å². The molecule has 0 unspecified atom stereocenters. The summed E-state index contributed by atoms with van der Waals surface area (Å²) < 4.78 is 0. The minimum atomic E-state index is 0.0395. The first-order chi connectivity index (χ1) is 8.70. The van der Waals surface area contributed by atoms with Gasteiger partial charge in [-0.3, -0.25) is 9.59 Å². The van der Waals surface area contributed by atoms with E-state index >= 15 is 0 Å². The van der Waals surface area contributed by atoms with Gasteiger partial charge in [0.1, 0.15) is 0 Å². The van der Waals surface area contributed by atoms with Gasteiger partial charge in [0.05, 0.1) is 0 Å². The van der Waals surface area contributed by atoms with E-state index in [4.69, 9.17) is 0 Å². The molecule has 1 heterocycles. The number of rotatable bonds is 4. The van der Waals surface area contributed by atoms with Crippen molar-refractivity contribution >= 4 is 17.5 Å². The molecule has 4 heteroatoms. The van der Waals surface area contributed by atoms with Crippen LogP contribution in [0.5, 0.6) is 0 Å². The van der Waals surface area contributed by atoms with Gasteiger partial charge in [-0.2, -0.15) is 0 Å². The standard InChI is InChI=1S/C14H18N2O2/c1-2-13(17)15-10-11-5-3-6-12(9-11)16-8-4-7-14(16)18/h3,5-6,9H,2,4,7-8,10H2,1H3,(H,15,17). The lowest BCUT2D eigenvalue weighted by Gasteiger charge is -2.16. The van der Waals surface area contributed by atoms with Crippen LogP contribution in [0.1, 0.15) is 31.7 Å². The molecule has 1 fully saturated rings. The zero-order valence-electron chi connectivity index (χ0n) is 10.6. The molecule has 0 bridgehead atoms. The van der Waals surface area contributed by atoms with Crippen LogP contribution in [0.2, 0.25) is 0 Å². The van der Waals surface area contributed by atoms with Crippen LogP contribution in [0.15, 0.2) is 24.3 Å². The Morgan fingerprint density at radius 1 is 1.44 bits per heavy atom. The lowest BCUT2D eigenvalue weighted by atomic mass is 10.2. The molecule has 1 N–H and O–H groups in total. The largest absolute Gasteiger partial charge is 0.352 e. The van der Waals surface area contributed by atoms with Crippen LogP contribution in [-0.2, 0) is 16.1 Å². The van der Waals surface area contributed by atoms with Gasteiger partial charge in [0, 0.05) is 31.6 Å². The molecule has 0 atom stereocenters. The highest BCUT2D eigenvalue weighted by Crippen LogP contribution is 2.22. The number of hydrogen-bond acceptors (Lipinski definition) is 2. The van der Waals surface area contributed by atoms with E-state index in [-0.39, 0.29) is 11.8 Å². The number of carbonyl (C=O) groups is 2. The summed E-state index contributed by atoms with van der Waals surface area (Å²) in [5, 5.41) is 2.84. The summed E-state index contributed by atoms with van der Waals surface area (Å²) in [6.45, 7) is 3.14. The minimum absolute atomic E-state index is 0.0395. The van der Waals surface area contributed by atoms with Crippen LogP contribution < -0.4 is 10.2 Å². The van der Waals surface area contributed by atoms with Gasteiger partial charge in [0.15, 0.2) is 0 Å². The summed E-state index contributed by atoms with van der Waals surface area (Å²) in [5.74, 6) is 0.224. The normalized spacial score (nSPS) is 14.9. The molecule has 1 aromatic carbocycles. The van der Waals surface area contributed by atoms with E-state index in [0.717, 1.165) is 24.2 Å². The van der Waals surface area contributed by atoms with E-state index < -0.39 is 0 Å². The van der Waals surface area contributed by atoms with Crippen molar-refractivity contribution in [2.75, 3.05) is 11.4 Å². The Balaban J connectivity index is 2.05. The Kier molecular flexibility index (Phi) is 3.97. The molecule has 4 nitrogen and oxygen atoms in total. The SMILES string of the molecule is CCC(=O)NCc1cccc(N2CCCC2=O)c1. The van der Waals surface area contributed by atoms with Crippen molar-refractivity contribution < 1.29 is 9.59 Å². The summed E-state index contributed by atoms with van der Waals surface area (Å²) in [7, 11) is 0. The highest BCUT2D eigenvalue weighted by molar-refractivity contribution is 5.95. The fraction of sp³-hybridized carbons (Fsp3) is 0.429. The third-order valence-corrected chi connectivity index (χ3v) is 3.11. The van der Waals surface area contributed by atoms with Crippen LogP contribution in [0.25, 0.3) is 0 Å². The van der Waals surface area contributed by atoms with E-state index in [1.807, 2.05) is 36.1 Å². The summed E-state index contributed by atoms with van der Waals surface area (Å²) in [6.07, 6.45) is 2.05. The van der Waals surface area contributed by atoms with Gasteiger partial charge in [-0.25, -0.2) is 0 Å². The quantitative estimate of drug-likeness (QED) is 0.881. The van der Waals surface area contributed by atoms with Crippen molar-refractivity contribution in [3.05, 3.63) is 29.8 Å². The Morgan fingerprint density at radius 2 is 2.28 bits per heavy atom. The molecule has 1 saturated heterocycles. The van der Waals surface area contributed by atoms with Crippen molar-refractivity contribution in [1.29, 1.82) is 0 Å². The van der Waals surface area contributed by atoms with Gasteiger partial charge >= 0.3 is 0 Å². The van der Waals surface area contributed by atoms with Crippen LogP contribution in [0, 0.1) is 0 Å². The molecule has 2 rings (SSSR count). The van der Waals surface area contributed by atoms with E-state index in [9.17, 15) is 9.59 Å². The predicted octanol–water partition coefficient (Wildman–Crippen LogP) is 1.84. The lowest BCUT2D eigenvalue weighted by molar-refractivity contribution is -0.121. The average Bonchev–Trinajstić information content (AvgIpc) is 2.82. The predicted molar refractivity (Wildman–Crippen MR) is 70.2 cm³/mol. The average molecular weight is 246 g/mol. The van der Waals surface area contributed by atoms with Crippen molar-refractivity contribution in [3.8, 4) is 0 Å². The molecule has 0 spiro atoms. The van der Waals surface area contributed by atoms with Crippen molar-refractivity contribution in [2.24, 2.45) is 0 Å². The highest BCUT2D eigenvalue weighted by atomic mass is 16.2. The van der Waals surface area contributed by atoms with Crippen LogP contribution in [0.4, 0.5) is 5.69 Å². The number of benzene rings is 1. The zero-order valence-corrected chi connectivity index (χ0v) is 10.6. The molecule has 2 amide bonds. The Bertz CT molecular complexity index is 457. The van der Waals surface area contributed by atoms with Crippen LogP contribution in [0.3, 0.4) is 0 Å². The van der Waals surface area contributed by atoms with Gasteiger partial charge < -0.3 is 10.2 Å². The molecule has 18 heavy (non-hydrogen) atoms. The minimum Gasteiger partial charge on any atom is -0.352 e. The van der Waals surface area contributed by atoms with E-state index in [2.05, 4.69) is 5.32 Å². The summed E-state index contributed by atoms with van der Waals surface area (Å²) >= 11 is 0. The van der Waals surface area contributed by atoms with Gasteiger partial charge in [0.2, 0.25) is 11.8 Å². The summed E-state index contributed by atoms with van der Waals surface area (Å²) in [5.41, 5.74) is 1.95. The molecule has 96 valence electrons. The number of carbonyl (C=O) groups excluding carboxylic acids is 2. The van der Waals surface area contributed by atoms with Crippen molar-refractivity contribution in [2.45, 2.75) is 32.7 Å². The number of nitrogens with one attached hydrogen (secondary N) is 1. The summed E-state index contributed by atoms with van der Waals surface area (Å²) in [6, 6.07) is 7.79. The second kappa shape index (κ2) is 5.67. The molecule has 0 saturated carbocycles. The van der Waals surface area contributed by atoms with Crippen LogP contribution in [-0.4, -0.2) is 18.4 Å². The van der Waals surface area contributed by atoms with Gasteiger partial charge in [-0.15, -0.1) is 0 Å². The van der Waals surface area contributed by atoms with Gasteiger partial charge in [-0.1, -0.05) is 19.1 Å². The first-order valence-corrected chi connectivity index (χ1v) is 6.36. The van der Waals surface area contributed by atoms with Gasteiger partial charge in [0.25, 0.3) is 0 Å². The molecule has 1 aliphatic rings.